The van der Waals surface area contributed by atoms with E-state index >= 15 is 0 Å². The highest BCUT2D eigenvalue weighted by atomic mass is 16.5. The van der Waals surface area contributed by atoms with Gasteiger partial charge in [0.25, 0.3) is 0 Å². The molecule has 0 bridgehead atoms. The van der Waals surface area contributed by atoms with E-state index in [1.54, 1.807) is 0 Å². The van der Waals surface area contributed by atoms with Gasteiger partial charge in [-0.3, -0.25) is 0 Å². The molecule has 3 nitrogen and oxygen atoms in total. The fraction of sp³-hybridized carbons (Fsp3) is 0.846. The summed E-state index contributed by atoms with van der Waals surface area (Å²) in [6.07, 6.45) is 55.3. The van der Waals surface area contributed by atoms with E-state index in [0.29, 0.717) is 11.8 Å². The van der Waals surface area contributed by atoms with Crippen LogP contribution in [0.2, 0.25) is 0 Å². The molecule has 6 aliphatic carbocycles. The molecule has 0 aromatic carbocycles. The molecule has 0 spiro atoms. The van der Waals surface area contributed by atoms with Crippen molar-refractivity contribution in [1.29, 1.82) is 0 Å². The Hall–Kier alpha value is -1.16. The van der Waals surface area contributed by atoms with Gasteiger partial charge in [0.2, 0.25) is 0 Å². The smallest absolute Gasteiger partial charge is 0.110 e. The molecule has 4 saturated carbocycles. The van der Waals surface area contributed by atoms with Crippen molar-refractivity contribution in [2.45, 2.75) is 206 Å². The molecule has 0 radical (unpaired) electrons. The fourth-order valence-electron chi connectivity index (χ4n) is 13.1. The molecular formula is C52H86O3. The third-order valence-corrected chi connectivity index (χ3v) is 16.3. The first-order chi connectivity index (χ1) is 27.0. The van der Waals surface area contributed by atoms with E-state index in [0.717, 1.165) is 62.9 Å². The highest BCUT2D eigenvalue weighted by Crippen LogP contribution is 2.60. The molecule has 0 aromatic rings. The van der Waals surface area contributed by atoms with Crippen LogP contribution in [0.4, 0.5) is 0 Å². The number of ether oxygens (including phenoxy) is 3. The van der Waals surface area contributed by atoms with Crippen LogP contribution in [0.15, 0.2) is 48.6 Å². The van der Waals surface area contributed by atoms with Crippen molar-refractivity contribution in [3.8, 4) is 0 Å². The molecule has 0 amide bonds. The molecule has 6 rings (SSSR count). The van der Waals surface area contributed by atoms with Crippen LogP contribution < -0.4 is 0 Å². The van der Waals surface area contributed by atoms with E-state index in [9.17, 15) is 0 Å². The van der Waals surface area contributed by atoms with Crippen LogP contribution >= 0.6 is 0 Å². The summed E-state index contributed by atoms with van der Waals surface area (Å²) in [7, 11) is 0. The standard InChI is InChI=1S/C52H86O3/c1-5-9-17-43-19-23-47(24-20-43)49(31-13-11-14-32-49)51(54-39-7-3)35-27-45(28-36-51)41-53-42-46-29-37-52(38-30-46,55-40-8-4)50(33-15-12-16-34-50)48-25-21-44(22-26-48)18-10-6-2/h27-30,35-38,43-48H,5-26,31-34,39-42H2,1-4H3/t43-,44-,45-,46-,47-,48-,51-,52-. The van der Waals surface area contributed by atoms with Gasteiger partial charge in [-0.25, -0.2) is 0 Å². The van der Waals surface area contributed by atoms with Crippen LogP contribution in [0.1, 0.15) is 195 Å². The molecule has 0 N–H and O–H groups in total. The maximum absolute atomic E-state index is 7.08. The monoisotopic (exact) mass is 759 g/mol. The summed E-state index contributed by atoms with van der Waals surface area (Å²) in [5.74, 6) is 4.07. The molecule has 0 saturated heterocycles. The van der Waals surface area contributed by atoms with Crippen LogP contribution in [0.5, 0.6) is 0 Å². The average Bonchev–Trinajstić information content (AvgIpc) is 3.25. The largest absolute Gasteiger partial charge is 0.380 e. The van der Waals surface area contributed by atoms with Gasteiger partial charge in [-0.2, -0.15) is 0 Å². The lowest BCUT2D eigenvalue weighted by Crippen LogP contribution is -2.55. The lowest BCUT2D eigenvalue weighted by molar-refractivity contribution is -0.126. The quantitative estimate of drug-likeness (QED) is 0.116. The normalized spacial score (nSPS) is 35.9. The van der Waals surface area contributed by atoms with Crippen LogP contribution in [-0.2, 0) is 14.2 Å². The Morgan fingerprint density at radius 3 is 1.15 bits per heavy atom. The summed E-state index contributed by atoms with van der Waals surface area (Å²) in [6.45, 7) is 12.4. The Labute approximate surface area is 340 Å². The summed E-state index contributed by atoms with van der Waals surface area (Å²) in [5, 5.41) is 0. The van der Waals surface area contributed by atoms with Crippen molar-refractivity contribution >= 4 is 0 Å². The Morgan fingerprint density at radius 2 is 0.818 bits per heavy atom. The average molecular weight is 759 g/mol. The summed E-state index contributed by atoms with van der Waals surface area (Å²) in [6, 6.07) is 0. The van der Waals surface area contributed by atoms with Crippen molar-refractivity contribution in [3.63, 3.8) is 0 Å². The zero-order valence-corrected chi connectivity index (χ0v) is 36.5. The summed E-state index contributed by atoms with van der Waals surface area (Å²) >= 11 is 0. The number of rotatable bonds is 20. The van der Waals surface area contributed by atoms with E-state index in [1.807, 2.05) is 0 Å². The number of hydrogen-bond acceptors (Lipinski definition) is 3. The van der Waals surface area contributed by atoms with Gasteiger partial charge in [-0.15, -0.1) is 0 Å². The molecule has 6 aliphatic rings. The van der Waals surface area contributed by atoms with Crippen LogP contribution in [0, 0.1) is 46.3 Å². The van der Waals surface area contributed by atoms with Gasteiger partial charge in [0.1, 0.15) is 11.2 Å². The summed E-state index contributed by atoms with van der Waals surface area (Å²) < 4.78 is 20.7. The van der Waals surface area contributed by atoms with Crippen molar-refractivity contribution in [3.05, 3.63) is 48.6 Å². The Balaban J connectivity index is 1.09. The topological polar surface area (TPSA) is 27.7 Å². The molecule has 0 heterocycles. The Kier molecular flexibility index (Phi) is 16.7. The van der Waals surface area contributed by atoms with Gasteiger partial charge in [0, 0.05) is 35.9 Å². The van der Waals surface area contributed by atoms with E-state index in [1.165, 1.54) is 154 Å². The molecule has 0 atom stereocenters. The summed E-state index contributed by atoms with van der Waals surface area (Å²) in [5.41, 5.74) is -0.0468. The first-order valence-corrected chi connectivity index (χ1v) is 24.6. The minimum absolute atomic E-state index is 0.239. The van der Waals surface area contributed by atoms with Crippen molar-refractivity contribution in [2.75, 3.05) is 26.4 Å². The molecule has 0 unspecified atom stereocenters. The maximum atomic E-state index is 7.08. The predicted molar refractivity (Wildman–Crippen MR) is 233 cm³/mol. The van der Waals surface area contributed by atoms with Crippen LogP contribution in [0.3, 0.4) is 0 Å². The molecule has 0 aliphatic heterocycles. The SMILES string of the molecule is CCCC[C@H]1CC[C@H](C2([C@]3(OCCC)C=C[C@H](COC[C@H]4C=C[C@@](OCCC)(C5([C@H]6CC[C@H](CCCC)CC6)CCCCC5)C=C4)C=C3)CCCCC2)CC1. The van der Waals surface area contributed by atoms with Crippen molar-refractivity contribution in [1.82, 2.24) is 0 Å². The van der Waals surface area contributed by atoms with Crippen LogP contribution in [-0.4, -0.2) is 37.6 Å². The lowest BCUT2D eigenvalue weighted by atomic mass is 9.52. The Morgan fingerprint density at radius 1 is 0.455 bits per heavy atom. The second-order valence-electron chi connectivity index (χ2n) is 19.7. The zero-order valence-electron chi connectivity index (χ0n) is 36.5. The third-order valence-electron chi connectivity index (χ3n) is 16.3. The van der Waals surface area contributed by atoms with Gasteiger partial charge in [0.05, 0.1) is 13.2 Å². The van der Waals surface area contributed by atoms with Gasteiger partial charge in [0.15, 0.2) is 0 Å². The molecule has 3 heteroatoms. The third kappa shape index (κ3) is 10.0. The fourth-order valence-corrected chi connectivity index (χ4v) is 13.1. The molecule has 0 aromatic heterocycles. The van der Waals surface area contributed by atoms with Gasteiger partial charge in [-0.1, -0.05) is 179 Å². The first-order valence-electron chi connectivity index (χ1n) is 24.6. The molecular weight excluding hydrogens is 673 g/mol. The van der Waals surface area contributed by atoms with E-state index in [-0.39, 0.29) is 22.0 Å². The first kappa shape index (κ1) is 43.4. The van der Waals surface area contributed by atoms with Gasteiger partial charge < -0.3 is 14.2 Å². The Bertz CT molecular complexity index is 1090. The zero-order chi connectivity index (χ0) is 38.5. The van der Waals surface area contributed by atoms with E-state index in [2.05, 4.69) is 76.3 Å². The summed E-state index contributed by atoms with van der Waals surface area (Å²) in [4.78, 5) is 0. The van der Waals surface area contributed by atoms with E-state index in [4.69, 9.17) is 14.2 Å². The highest BCUT2D eigenvalue weighted by Gasteiger charge is 2.56. The molecule has 55 heavy (non-hydrogen) atoms. The maximum Gasteiger partial charge on any atom is 0.110 e. The van der Waals surface area contributed by atoms with Crippen molar-refractivity contribution < 1.29 is 14.2 Å². The second kappa shape index (κ2) is 21.2. The second-order valence-corrected chi connectivity index (χ2v) is 19.7. The molecule has 312 valence electrons. The van der Waals surface area contributed by atoms with Gasteiger partial charge in [-0.05, 0) is 87.9 Å². The minimum atomic E-state index is -0.263. The highest BCUT2D eigenvalue weighted by molar-refractivity contribution is 5.31. The van der Waals surface area contributed by atoms with Crippen molar-refractivity contribution in [2.24, 2.45) is 46.3 Å². The number of hydrogen-bond donors (Lipinski definition) is 0. The number of unbranched alkanes of at least 4 members (excludes halogenated alkanes) is 2. The minimum Gasteiger partial charge on any atom is -0.380 e. The molecule has 4 fully saturated rings. The predicted octanol–water partition coefficient (Wildman–Crippen LogP) is 14.7. The van der Waals surface area contributed by atoms with Gasteiger partial charge >= 0.3 is 0 Å². The van der Waals surface area contributed by atoms with Crippen LogP contribution in [0.25, 0.3) is 0 Å². The lowest BCUT2D eigenvalue weighted by Gasteiger charge is -2.56. The van der Waals surface area contributed by atoms with E-state index < -0.39 is 0 Å².